The Morgan fingerprint density at radius 2 is 2.00 bits per heavy atom. The molecule has 1 fully saturated rings. The topological polar surface area (TPSA) is 49.9 Å². The minimum atomic E-state index is -0.130. The van der Waals surface area contributed by atoms with Crippen molar-refractivity contribution in [3.8, 4) is 5.75 Å². The molecule has 2 amide bonds. The maximum absolute atomic E-state index is 13.5. The van der Waals surface area contributed by atoms with Crippen molar-refractivity contribution in [3.05, 3.63) is 51.2 Å². The van der Waals surface area contributed by atoms with Gasteiger partial charge in [0.2, 0.25) is 11.8 Å². The van der Waals surface area contributed by atoms with Crippen molar-refractivity contribution in [1.82, 2.24) is 9.80 Å². The van der Waals surface area contributed by atoms with Crippen LogP contribution in [0.5, 0.6) is 5.75 Å². The molecular formula is C26H34N2O3S. The first kappa shape index (κ1) is 22.8. The summed E-state index contributed by atoms with van der Waals surface area (Å²) in [7, 11) is 0. The van der Waals surface area contributed by atoms with E-state index in [1.165, 1.54) is 16.0 Å². The molecule has 1 saturated carbocycles. The zero-order valence-corrected chi connectivity index (χ0v) is 20.4. The Balaban J connectivity index is 1.51. The molecular weight excluding hydrogens is 420 g/mol. The fourth-order valence-electron chi connectivity index (χ4n) is 4.47. The van der Waals surface area contributed by atoms with Gasteiger partial charge in [0.15, 0.2) is 0 Å². The van der Waals surface area contributed by atoms with E-state index in [2.05, 4.69) is 37.4 Å². The third-order valence-corrected chi connectivity index (χ3v) is 7.45. The summed E-state index contributed by atoms with van der Waals surface area (Å²) in [5.74, 6) is 1.40. The largest absolute Gasteiger partial charge is 0.491 e. The third kappa shape index (κ3) is 5.17. The minimum Gasteiger partial charge on any atom is -0.491 e. The second-order valence-corrected chi connectivity index (χ2v) is 10.5. The highest BCUT2D eigenvalue weighted by Crippen LogP contribution is 2.35. The molecule has 2 aromatic rings. The molecule has 1 aliphatic heterocycles. The van der Waals surface area contributed by atoms with Gasteiger partial charge in [0, 0.05) is 23.9 Å². The molecule has 0 radical (unpaired) electrons. The Morgan fingerprint density at radius 3 is 2.69 bits per heavy atom. The van der Waals surface area contributed by atoms with Crippen LogP contribution in [-0.4, -0.2) is 47.9 Å². The number of hydrogen-bond donors (Lipinski definition) is 0. The SMILES string of the molecule is Cc1ccc(OC[C@@H]2c3ccsc3CCN2C(=O)CN(CC2CC2)C(=O)C(C)C)c(C)c1. The second kappa shape index (κ2) is 9.65. The molecule has 1 aliphatic carbocycles. The number of amides is 2. The molecule has 172 valence electrons. The molecule has 2 aliphatic rings. The van der Waals surface area contributed by atoms with Crippen molar-refractivity contribution in [3.63, 3.8) is 0 Å². The Kier molecular flexibility index (Phi) is 6.89. The molecule has 4 rings (SSSR count). The van der Waals surface area contributed by atoms with Gasteiger partial charge in [-0.25, -0.2) is 0 Å². The maximum atomic E-state index is 13.5. The zero-order chi connectivity index (χ0) is 22.8. The standard InChI is InChI=1S/C26H34N2O3S/c1-17(2)26(30)27(14-20-6-7-20)15-25(29)28-11-9-24-21(10-12-32-24)22(28)16-31-23-8-5-18(3)13-19(23)4/h5,8,10,12-13,17,20,22H,6-7,9,11,14-16H2,1-4H3/t22-/m1/s1. The summed E-state index contributed by atoms with van der Waals surface area (Å²) in [6, 6.07) is 8.16. The van der Waals surface area contributed by atoms with Gasteiger partial charge < -0.3 is 14.5 Å². The normalized spacial score (nSPS) is 17.9. The number of carbonyl (C=O) groups excluding carboxylic acids is 2. The molecule has 0 bridgehead atoms. The van der Waals surface area contributed by atoms with Gasteiger partial charge >= 0.3 is 0 Å². The van der Waals surface area contributed by atoms with Crippen LogP contribution in [0, 0.1) is 25.7 Å². The summed E-state index contributed by atoms with van der Waals surface area (Å²) >= 11 is 1.75. The fraction of sp³-hybridized carbons (Fsp3) is 0.538. The molecule has 5 nitrogen and oxygen atoms in total. The van der Waals surface area contributed by atoms with Crippen molar-refractivity contribution >= 4 is 23.2 Å². The van der Waals surface area contributed by atoms with Crippen molar-refractivity contribution in [1.29, 1.82) is 0 Å². The van der Waals surface area contributed by atoms with Crippen LogP contribution in [0.2, 0.25) is 0 Å². The number of thiophene rings is 1. The van der Waals surface area contributed by atoms with Gasteiger partial charge in [0.05, 0.1) is 12.6 Å². The number of aryl methyl sites for hydroxylation is 2. The Bertz CT molecular complexity index is 979. The molecule has 1 aromatic carbocycles. The lowest BCUT2D eigenvalue weighted by Crippen LogP contribution is -2.49. The van der Waals surface area contributed by atoms with E-state index in [9.17, 15) is 9.59 Å². The lowest BCUT2D eigenvalue weighted by molar-refractivity contribution is -0.144. The quantitative estimate of drug-likeness (QED) is 0.578. The Hall–Kier alpha value is -2.34. The van der Waals surface area contributed by atoms with Crippen molar-refractivity contribution in [2.75, 3.05) is 26.2 Å². The Morgan fingerprint density at radius 1 is 1.22 bits per heavy atom. The molecule has 1 atom stereocenters. The summed E-state index contributed by atoms with van der Waals surface area (Å²) in [6.45, 7) is 9.88. The smallest absolute Gasteiger partial charge is 0.242 e. The van der Waals surface area contributed by atoms with E-state index in [1.807, 2.05) is 24.8 Å². The van der Waals surface area contributed by atoms with Crippen LogP contribution in [0.1, 0.15) is 54.3 Å². The lowest BCUT2D eigenvalue weighted by atomic mass is 10.00. The van der Waals surface area contributed by atoms with Crippen LogP contribution >= 0.6 is 11.3 Å². The summed E-state index contributed by atoms with van der Waals surface area (Å²) in [5.41, 5.74) is 3.49. The molecule has 2 heterocycles. The van der Waals surface area contributed by atoms with E-state index in [4.69, 9.17) is 4.74 Å². The van der Waals surface area contributed by atoms with E-state index in [1.54, 1.807) is 16.2 Å². The van der Waals surface area contributed by atoms with Crippen molar-refractivity contribution in [2.24, 2.45) is 11.8 Å². The van der Waals surface area contributed by atoms with Gasteiger partial charge in [-0.3, -0.25) is 9.59 Å². The minimum absolute atomic E-state index is 0.0192. The first-order chi connectivity index (χ1) is 15.3. The highest BCUT2D eigenvalue weighted by atomic mass is 32.1. The van der Waals surface area contributed by atoms with Gasteiger partial charge in [-0.05, 0) is 67.7 Å². The molecule has 0 unspecified atom stereocenters. The number of rotatable bonds is 8. The number of carbonyl (C=O) groups is 2. The van der Waals surface area contributed by atoms with E-state index >= 15 is 0 Å². The number of ether oxygens (including phenoxy) is 1. The molecule has 1 aromatic heterocycles. The van der Waals surface area contributed by atoms with Gasteiger partial charge in [-0.15, -0.1) is 11.3 Å². The number of hydrogen-bond acceptors (Lipinski definition) is 4. The van der Waals surface area contributed by atoms with Crippen LogP contribution in [0.4, 0.5) is 0 Å². The highest BCUT2D eigenvalue weighted by Gasteiger charge is 2.35. The van der Waals surface area contributed by atoms with Gasteiger partial charge in [-0.1, -0.05) is 31.5 Å². The number of fused-ring (bicyclic) bond motifs is 1. The van der Waals surface area contributed by atoms with Crippen LogP contribution in [0.15, 0.2) is 29.6 Å². The summed E-state index contributed by atoms with van der Waals surface area (Å²) in [4.78, 5) is 31.3. The fourth-order valence-corrected chi connectivity index (χ4v) is 5.40. The van der Waals surface area contributed by atoms with Crippen LogP contribution < -0.4 is 4.74 Å². The number of benzene rings is 1. The van der Waals surface area contributed by atoms with E-state index < -0.39 is 0 Å². The molecule has 6 heteroatoms. The van der Waals surface area contributed by atoms with Crippen LogP contribution in [0.3, 0.4) is 0 Å². The summed E-state index contributed by atoms with van der Waals surface area (Å²) in [5, 5.41) is 2.10. The zero-order valence-electron chi connectivity index (χ0n) is 19.6. The third-order valence-electron chi connectivity index (χ3n) is 6.45. The average molecular weight is 455 g/mol. The maximum Gasteiger partial charge on any atom is 0.242 e. The van der Waals surface area contributed by atoms with E-state index in [0.717, 1.165) is 30.6 Å². The lowest BCUT2D eigenvalue weighted by Gasteiger charge is -2.37. The second-order valence-electron chi connectivity index (χ2n) is 9.55. The van der Waals surface area contributed by atoms with Gasteiger partial charge in [0.1, 0.15) is 12.4 Å². The molecule has 0 spiro atoms. The Labute approximate surface area is 195 Å². The van der Waals surface area contributed by atoms with Crippen LogP contribution in [0.25, 0.3) is 0 Å². The monoisotopic (exact) mass is 454 g/mol. The van der Waals surface area contributed by atoms with Crippen molar-refractivity contribution < 1.29 is 14.3 Å². The predicted octanol–water partition coefficient (Wildman–Crippen LogP) is 4.76. The summed E-state index contributed by atoms with van der Waals surface area (Å²) in [6.07, 6.45) is 3.17. The first-order valence-corrected chi connectivity index (χ1v) is 12.6. The summed E-state index contributed by atoms with van der Waals surface area (Å²) < 4.78 is 6.23. The van der Waals surface area contributed by atoms with Crippen molar-refractivity contribution in [2.45, 2.75) is 53.0 Å². The van der Waals surface area contributed by atoms with E-state index in [-0.39, 0.29) is 30.3 Å². The van der Waals surface area contributed by atoms with Gasteiger partial charge in [0.25, 0.3) is 0 Å². The van der Waals surface area contributed by atoms with Crippen LogP contribution in [-0.2, 0) is 16.0 Å². The first-order valence-electron chi connectivity index (χ1n) is 11.7. The molecule has 32 heavy (non-hydrogen) atoms. The van der Waals surface area contributed by atoms with Gasteiger partial charge in [-0.2, -0.15) is 0 Å². The predicted molar refractivity (Wildman–Crippen MR) is 128 cm³/mol. The highest BCUT2D eigenvalue weighted by molar-refractivity contribution is 7.10. The molecule has 0 saturated heterocycles. The molecule has 0 N–H and O–H groups in total. The average Bonchev–Trinajstić information content (AvgIpc) is 3.44. The number of nitrogens with zero attached hydrogens (tertiary/aromatic N) is 2. The van der Waals surface area contributed by atoms with E-state index in [0.29, 0.717) is 25.6 Å².